The summed E-state index contributed by atoms with van der Waals surface area (Å²) in [7, 11) is 1.32. The molecular weight excluding hydrogens is 524 g/mol. The van der Waals surface area contributed by atoms with E-state index in [9.17, 15) is 26.0 Å². The number of hydrogen-bond donors (Lipinski definition) is 1. The number of sulfonamides is 1. The molecule has 0 spiro atoms. The molecule has 0 amide bonds. The Kier molecular flexibility index (Phi) is 7.32. The molecule has 1 aliphatic rings. The first kappa shape index (κ1) is 26.4. The minimum atomic E-state index is -4.78. The van der Waals surface area contributed by atoms with Crippen LogP contribution < -0.4 is 5.32 Å². The molecule has 1 saturated heterocycles. The maximum absolute atomic E-state index is 14.6. The van der Waals surface area contributed by atoms with Crippen LogP contribution in [0.15, 0.2) is 23.7 Å². The molecule has 10 nitrogen and oxygen atoms in total. The van der Waals surface area contributed by atoms with Crippen molar-refractivity contribution in [1.29, 1.82) is 0 Å². The second kappa shape index (κ2) is 9.99. The first-order valence-corrected chi connectivity index (χ1v) is 13.1. The predicted molar refractivity (Wildman–Crippen MR) is 124 cm³/mol. The van der Waals surface area contributed by atoms with E-state index in [-0.39, 0.29) is 41.7 Å². The Hall–Kier alpha value is -2.69. The monoisotopic (exact) mass is 548 g/mol. The molecule has 3 aromatic rings. The molecule has 1 aliphatic heterocycles. The summed E-state index contributed by atoms with van der Waals surface area (Å²) in [5, 5.41) is 3.13. The van der Waals surface area contributed by atoms with Gasteiger partial charge in [-0.1, -0.05) is 0 Å². The topological polar surface area (TPSA) is 109 Å². The average molecular weight is 549 g/mol. The molecule has 0 saturated carbocycles. The van der Waals surface area contributed by atoms with Crippen molar-refractivity contribution in [3.05, 3.63) is 35.2 Å². The number of hydrogen-bond acceptors (Lipinski definition) is 9. The highest BCUT2D eigenvalue weighted by Crippen LogP contribution is 2.41. The fourth-order valence-electron chi connectivity index (χ4n) is 3.73. The average Bonchev–Trinajstić information content (AvgIpc) is 3.42. The first-order valence-electron chi connectivity index (χ1n) is 10.8. The van der Waals surface area contributed by atoms with Crippen molar-refractivity contribution in [2.45, 2.75) is 36.6 Å². The van der Waals surface area contributed by atoms with Gasteiger partial charge in [-0.15, -0.1) is 11.3 Å². The van der Waals surface area contributed by atoms with E-state index in [0.717, 1.165) is 17.5 Å². The minimum Gasteiger partial charge on any atom is -0.351 e. The summed E-state index contributed by atoms with van der Waals surface area (Å²) in [6, 6.07) is -0.258. The molecule has 4 rings (SSSR count). The number of piperidine rings is 1. The van der Waals surface area contributed by atoms with Crippen LogP contribution >= 0.6 is 11.3 Å². The zero-order valence-corrected chi connectivity index (χ0v) is 21.3. The Labute approximate surface area is 209 Å². The van der Waals surface area contributed by atoms with Crippen molar-refractivity contribution in [1.82, 2.24) is 33.7 Å². The minimum absolute atomic E-state index is 0.0402. The van der Waals surface area contributed by atoms with Gasteiger partial charge in [0, 0.05) is 38.9 Å². The Balaban J connectivity index is 1.51. The predicted octanol–water partition coefficient (Wildman–Crippen LogP) is 2.82. The summed E-state index contributed by atoms with van der Waals surface area (Å²) in [4.78, 5) is 16.7. The zero-order valence-electron chi connectivity index (χ0n) is 19.6. The molecule has 0 unspecified atom stereocenters. The highest BCUT2D eigenvalue weighted by molar-refractivity contribution is 7.89. The molecule has 3 aromatic heterocycles. The van der Waals surface area contributed by atoms with Crippen LogP contribution in [0.5, 0.6) is 0 Å². The van der Waals surface area contributed by atoms with Gasteiger partial charge in [0.25, 0.3) is 10.0 Å². The van der Waals surface area contributed by atoms with Crippen molar-refractivity contribution in [3.8, 4) is 10.6 Å². The highest BCUT2D eigenvalue weighted by atomic mass is 32.2. The van der Waals surface area contributed by atoms with Gasteiger partial charge in [-0.25, -0.2) is 32.7 Å². The molecule has 1 fully saturated rings. The lowest BCUT2D eigenvalue weighted by molar-refractivity contribution is -0.140. The molecule has 0 radical (unpaired) electrons. The van der Waals surface area contributed by atoms with E-state index < -0.39 is 38.3 Å². The Morgan fingerprint density at radius 2 is 1.89 bits per heavy atom. The summed E-state index contributed by atoms with van der Waals surface area (Å²) in [5.74, 6) is -1.05. The Morgan fingerprint density at radius 1 is 1.19 bits per heavy atom. The number of nitrogens with one attached hydrogen (secondary N) is 1. The normalized spacial score (nSPS) is 16.1. The third-order valence-electron chi connectivity index (χ3n) is 5.42. The van der Waals surface area contributed by atoms with Crippen molar-refractivity contribution < 1.29 is 26.0 Å². The molecular formula is C20H24F4N8O2S2. The van der Waals surface area contributed by atoms with E-state index in [1.165, 1.54) is 16.8 Å². The summed E-state index contributed by atoms with van der Waals surface area (Å²) in [5.41, 5.74) is -1.68. The van der Waals surface area contributed by atoms with Crippen LogP contribution in [0, 0.1) is 5.82 Å². The summed E-state index contributed by atoms with van der Waals surface area (Å²) in [6.45, 7) is 0.558. The van der Waals surface area contributed by atoms with Gasteiger partial charge in [0.15, 0.2) is 16.5 Å². The van der Waals surface area contributed by atoms with Crippen LogP contribution in [0.1, 0.15) is 23.5 Å². The number of rotatable bonds is 7. The lowest BCUT2D eigenvalue weighted by Gasteiger charge is -2.31. The van der Waals surface area contributed by atoms with Gasteiger partial charge in [-0.05, 0) is 26.9 Å². The Bertz CT molecular complexity index is 1330. The van der Waals surface area contributed by atoms with Gasteiger partial charge in [-0.2, -0.15) is 17.5 Å². The van der Waals surface area contributed by atoms with Crippen molar-refractivity contribution in [2.75, 3.05) is 32.5 Å². The molecule has 0 atom stereocenters. The van der Waals surface area contributed by atoms with Crippen molar-refractivity contribution >= 4 is 27.3 Å². The fraction of sp³-hybridized carbons (Fsp3) is 0.500. The molecule has 196 valence electrons. The molecule has 0 aliphatic carbocycles. The van der Waals surface area contributed by atoms with E-state index in [4.69, 9.17) is 0 Å². The maximum Gasteiger partial charge on any atom is 0.434 e. The summed E-state index contributed by atoms with van der Waals surface area (Å²) >= 11 is 0.728. The maximum atomic E-state index is 14.6. The van der Waals surface area contributed by atoms with Crippen LogP contribution in [0.4, 0.5) is 23.5 Å². The van der Waals surface area contributed by atoms with Gasteiger partial charge in [-0.3, -0.25) is 0 Å². The van der Waals surface area contributed by atoms with Crippen LogP contribution in [-0.2, 0) is 29.8 Å². The largest absolute Gasteiger partial charge is 0.434 e. The molecule has 16 heteroatoms. The number of thiazole rings is 1. The first-order chi connectivity index (χ1) is 16.8. The van der Waals surface area contributed by atoms with Gasteiger partial charge in [0.1, 0.15) is 10.7 Å². The standard InChI is InChI=1S/C20H24F4N8O2S2/c1-30(2)9-14-28-18(20(22,23)24)17(35-14)16-13(21)8-25-19(29-16)27-12-4-6-32(7-5-12)36(33,34)15-10-31(3)11-26-15/h8,10-12H,4-7,9H2,1-3H3,(H,25,27,29). The van der Waals surface area contributed by atoms with E-state index in [1.807, 2.05) is 0 Å². The number of anilines is 1. The highest BCUT2D eigenvalue weighted by Gasteiger charge is 2.39. The molecule has 4 heterocycles. The number of alkyl halides is 3. The summed E-state index contributed by atoms with van der Waals surface area (Å²) in [6.07, 6.45) is -0.356. The van der Waals surface area contributed by atoms with Crippen LogP contribution in [0.2, 0.25) is 0 Å². The van der Waals surface area contributed by atoms with E-state index in [2.05, 4.69) is 25.3 Å². The zero-order chi connectivity index (χ0) is 26.3. The lowest BCUT2D eigenvalue weighted by Crippen LogP contribution is -2.42. The van der Waals surface area contributed by atoms with Crippen LogP contribution in [0.3, 0.4) is 0 Å². The SMILES string of the molecule is CN(C)Cc1nc(C(F)(F)F)c(-c2nc(NC3CCN(S(=O)(=O)c4cn(C)cn4)CC3)ncc2F)s1. The fourth-order valence-corrected chi connectivity index (χ4v) is 6.36. The van der Waals surface area contributed by atoms with E-state index in [1.54, 1.807) is 30.6 Å². The Morgan fingerprint density at radius 3 is 2.47 bits per heavy atom. The lowest BCUT2D eigenvalue weighted by atomic mass is 10.1. The van der Waals surface area contributed by atoms with Crippen LogP contribution in [0.25, 0.3) is 10.6 Å². The molecule has 0 aromatic carbocycles. The second-order valence-electron chi connectivity index (χ2n) is 8.61. The summed E-state index contributed by atoms with van der Waals surface area (Å²) < 4.78 is 83.9. The number of nitrogens with zero attached hydrogens (tertiary/aromatic N) is 7. The van der Waals surface area contributed by atoms with Gasteiger partial charge in [0.2, 0.25) is 5.95 Å². The number of aryl methyl sites for hydroxylation is 1. The number of halogens is 4. The van der Waals surface area contributed by atoms with Crippen LogP contribution in [-0.4, -0.2) is 75.4 Å². The van der Waals surface area contributed by atoms with Crippen molar-refractivity contribution in [2.24, 2.45) is 7.05 Å². The molecule has 1 N–H and O–H groups in total. The van der Waals surface area contributed by atoms with Crippen molar-refractivity contribution in [3.63, 3.8) is 0 Å². The van der Waals surface area contributed by atoms with Gasteiger partial charge < -0.3 is 14.8 Å². The van der Waals surface area contributed by atoms with E-state index >= 15 is 0 Å². The number of aromatic nitrogens is 5. The smallest absolute Gasteiger partial charge is 0.351 e. The van der Waals surface area contributed by atoms with Gasteiger partial charge in [0.05, 0.1) is 17.4 Å². The third kappa shape index (κ3) is 5.66. The molecule has 36 heavy (non-hydrogen) atoms. The number of imidazole rings is 1. The third-order valence-corrected chi connectivity index (χ3v) is 8.25. The molecule has 0 bridgehead atoms. The quantitative estimate of drug-likeness (QED) is 0.449. The van der Waals surface area contributed by atoms with Gasteiger partial charge >= 0.3 is 6.18 Å². The van der Waals surface area contributed by atoms with E-state index in [0.29, 0.717) is 12.8 Å². The second-order valence-corrected chi connectivity index (χ2v) is 11.6.